The summed E-state index contributed by atoms with van der Waals surface area (Å²) in [6.07, 6.45) is 0.628. The van der Waals surface area contributed by atoms with Crippen LogP contribution in [0.5, 0.6) is 0 Å². The predicted octanol–water partition coefficient (Wildman–Crippen LogP) is 2.84. The maximum atomic E-state index is 12.9. The van der Waals surface area contributed by atoms with Gasteiger partial charge < -0.3 is 4.90 Å². The molecule has 1 aliphatic rings. The van der Waals surface area contributed by atoms with Gasteiger partial charge in [0.05, 0.1) is 4.90 Å². The van der Waals surface area contributed by atoms with Crippen molar-refractivity contribution in [2.45, 2.75) is 25.2 Å². The minimum atomic E-state index is -3.53. The zero-order valence-electron chi connectivity index (χ0n) is 15.2. The van der Waals surface area contributed by atoms with E-state index in [1.807, 2.05) is 38.1 Å². The topological polar surface area (TPSA) is 57.7 Å². The molecule has 0 atom stereocenters. The molecule has 0 aliphatic carbocycles. The maximum absolute atomic E-state index is 12.9. The van der Waals surface area contributed by atoms with Crippen molar-refractivity contribution in [2.75, 3.05) is 26.2 Å². The highest BCUT2D eigenvalue weighted by Crippen LogP contribution is 2.19. The van der Waals surface area contributed by atoms with E-state index >= 15 is 0 Å². The number of sulfonamides is 1. The lowest BCUT2D eigenvalue weighted by molar-refractivity contribution is 0.0763. The third-order valence-electron chi connectivity index (χ3n) is 4.78. The predicted molar refractivity (Wildman–Crippen MR) is 102 cm³/mol. The first kappa shape index (κ1) is 18.6. The number of hydrogen-bond acceptors (Lipinski definition) is 3. The van der Waals surface area contributed by atoms with Crippen LogP contribution in [0.3, 0.4) is 0 Å². The number of aryl methyl sites for hydroxylation is 2. The SMILES string of the molecule is Cc1ccc(S(=O)(=O)N2CCCN(C(=O)c3ccccc3C)CC2)cc1. The summed E-state index contributed by atoms with van der Waals surface area (Å²) < 4.78 is 27.2. The Morgan fingerprint density at radius 1 is 0.885 bits per heavy atom. The van der Waals surface area contributed by atoms with Gasteiger partial charge in [-0.05, 0) is 44.0 Å². The van der Waals surface area contributed by atoms with Gasteiger partial charge in [-0.2, -0.15) is 4.31 Å². The van der Waals surface area contributed by atoms with E-state index in [4.69, 9.17) is 0 Å². The molecule has 1 amide bonds. The van der Waals surface area contributed by atoms with E-state index in [2.05, 4.69) is 0 Å². The molecule has 0 unspecified atom stereocenters. The number of carbonyl (C=O) groups excluding carboxylic acids is 1. The van der Waals surface area contributed by atoms with Crippen molar-refractivity contribution < 1.29 is 13.2 Å². The molecule has 2 aromatic carbocycles. The van der Waals surface area contributed by atoms with E-state index in [9.17, 15) is 13.2 Å². The molecule has 1 aliphatic heterocycles. The van der Waals surface area contributed by atoms with Crippen LogP contribution >= 0.6 is 0 Å². The first-order chi connectivity index (χ1) is 12.4. The average Bonchev–Trinajstić information content (AvgIpc) is 2.89. The quantitative estimate of drug-likeness (QED) is 0.832. The van der Waals surface area contributed by atoms with Crippen molar-refractivity contribution in [3.8, 4) is 0 Å². The summed E-state index contributed by atoms with van der Waals surface area (Å²) in [5, 5.41) is 0. The Hall–Kier alpha value is -2.18. The molecule has 3 rings (SSSR count). The van der Waals surface area contributed by atoms with Gasteiger partial charge in [0.15, 0.2) is 0 Å². The highest BCUT2D eigenvalue weighted by molar-refractivity contribution is 7.89. The number of rotatable bonds is 3. The van der Waals surface area contributed by atoms with E-state index in [-0.39, 0.29) is 5.91 Å². The fraction of sp³-hybridized carbons (Fsp3) is 0.350. The summed E-state index contributed by atoms with van der Waals surface area (Å²) in [6.45, 7) is 5.55. The van der Waals surface area contributed by atoms with Gasteiger partial charge in [-0.25, -0.2) is 8.42 Å². The molecular weight excluding hydrogens is 348 g/mol. The third-order valence-corrected chi connectivity index (χ3v) is 6.69. The molecule has 0 saturated carbocycles. The Morgan fingerprint density at radius 3 is 2.27 bits per heavy atom. The maximum Gasteiger partial charge on any atom is 0.254 e. The van der Waals surface area contributed by atoms with Crippen LogP contribution in [-0.2, 0) is 10.0 Å². The first-order valence-electron chi connectivity index (χ1n) is 8.81. The fourth-order valence-corrected chi connectivity index (χ4v) is 4.65. The van der Waals surface area contributed by atoms with Crippen molar-refractivity contribution in [1.82, 2.24) is 9.21 Å². The summed E-state index contributed by atoms with van der Waals surface area (Å²) in [5.41, 5.74) is 2.64. The fourth-order valence-electron chi connectivity index (χ4n) is 3.18. The van der Waals surface area contributed by atoms with Gasteiger partial charge in [-0.3, -0.25) is 4.79 Å². The third kappa shape index (κ3) is 3.81. The average molecular weight is 372 g/mol. The first-order valence-corrected chi connectivity index (χ1v) is 10.3. The largest absolute Gasteiger partial charge is 0.337 e. The Morgan fingerprint density at radius 2 is 1.58 bits per heavy atom. The highest BCUT2D eigenvalue weighted by atomic mass is 32.2. The van der Waals surface area contributed by atoms with Crippen LogP contribution in [0.2, 0.25) is 0 Å². The van der Waals surface area contributed by atoms with E-state index < -0.39 is 10.0 Å². The van der Waals surface area contributed by atoms with Gasteiger partial charge in [0, 0.05) is 31.7 Å². The minimum Gasteiger partial charge on any atom is -0.337 e. The lowest BCUT2D eigenvalue weighted by Gasteiger charge is -2.22. The van der Waals surface area contributed by atoms with Crippen LogP contribution in [-0.4, -0.2) is 49.7 Å². The molecule has 26 heavy (non-hydrogen) atoms. The number of hydrogen-bond donors (Lipinski definition) is 0. The van der Waals surface area contributed by atoms with E-state index in [1.165, 1.54) is 4.31 Å². The molecule has 0 radical (unpaired) electrons. The molecule has 6 heteroatoms. The van der Waals surface area contributed by atoms with Crippen molar-refractivity contribution in [3.05, 3.63) is 65.2 Å². The highest BCUT2D eigenvalue weighted by Gasteiger charge is 2.28. The van der Waals surface area contributed by atoms with Gasteiger partial charge in [0.1, 0.15) is 0 Å². The number of nitrogens with zero attached hydrogens (tertiary/aromatic N) is 2. The summed E-state index contributed by atoms with van der Waals surface area (Å²) in [6, 6.07) is 14.4. The lowest BCUT2D eigenvalue weighted by atomic mass is 10.1. The molecule has 0 aromatic heterocycles. The van der Waals surface area contributed by atoms with Crippen LogP contribution < -0.4 is 0 Å². The number of benzene rings is 2. The smallest absolute Gasteiger partial charge is 0.254 e. The van der Waals surface area contributed by atoms with Gasteiger partial charge >= 0.3 is 0 Å². The van der Waals surface area contributed by atoms with Gasteiger partial charge in [0.25, 0.3) is 5.91 Å². The summed E-state index contributed by atoms with van der Waals surface area (Å²) in [4.78, 5) is 14.9. The molecule has 0 spiro atoms. The van der Waals surface area contributed by atoms with Crippen LogP contribution in [0.15, 0.2) is 53.4 Å². The zero-order valence-corrected chi connectivity index (χ0v) is 16.0. The second-order valence-corrected chi connectivity index (χ2v) is 8.62. The molecule has 1 heterocycles. The van der Waals surface area contributed by atoms with E-state index in [0.29, 0.717) is 43.1 Å². The normalized spacial score (nSPS) is 16.3. The van der Waals surface area contributed by atoms with E-state index in [0.717, 1.165) is 11.1 Å². The van der Waals surface area contributed by atoms with Crippen molar-refractivity contribution in [2.24, 2.45) is 0 Å². The van der Waals surface area contributed by atoms with Gasteiger partial charge in [0.2, 0.25) is 10.0 Å². The Labute approximate surface area is 155 Å². The molecule has 138 valence electrons. The molecule has 1 saturated heterocycles. The molecule has 0 N–H and O–H groups in total. The number of carbonyl (C=O) groups is 1. The van der Waals surface area contributed by atoms with Crippen molar-refractivity contribution in [3.63, 3.8) is 0 Å². The Bertz CT molecular complexity index is 892. The summed E-state index contributed by atoms with van der Waals surface area (Å²) >= 11 is 0. The summed E-state index contributed by atoms with van der Waals surface area (Å²) in [5.74, 6) is -0.0299. The molecule has 1 fully saturated rings. The molecule has 2 aromatic rings. The van der Waals surface area contributed by atoms with Crippen LogP contribution in [0.1, 0.15) is 27.9 Å². The standard InChI is InChI=1S/C20H24N2O3S/c1-16-8-10-18(11-9-16)26(24,25)22-13-5-12-21(14-15-22)20(23)19-7-4-3-6-17(19)2/h3-4,6-11H,5,12-15H2,1-2H3. The van der Waals surface area contributed by atoms with Crippen molar-refractivity contribution in [1.29, 1.82) is 0 Å². The lowest BCUT2D eigenvalue weighted by Crippen LogP contribution is -2.37. The molecular formula is C20H24N2O3S. The minimum absolute atomic E-state index is 0.0299. The monoisotopic (exact) mass is 372 g/mol. The summed E-state index contributed by atoms with van der Waals surface area (Å²) in [7, 11) is -3.53. The second-order valence-electron chi connectivity index (χ2n) is 6.68. The van der Waals surface area contributed by atoms with Crippen LogP contribution in [0.25, 0.3) is 0 Å². The molecule has 5 nitrogen and oxygen atoms in total. The zero-order chi connectivity index (χ0) is 18.7. The van der Waals surface area contributed by atoms with Crippen molar-refractivity contribution >= 4 is 15.9 Å². The molecule has 0 bridgehead atoms. The Balaban J connectivity index is 1.75. The van der Waals surface area contributed by atoms with Crippen LogP contribution in [0.4, 0.5) is 0 Å². The van der Waals surface area contributed by atoms with E-state index in [1.54, 1.807) is 29.2 Å². The van der Waals surface area contributed by atoms with Gasteiger partial charge in [-0.1, -0.05) is 35.9 Å². The Kier molecular flexibility index (Phi) is 5.44. The van der Waals surface area contributed by atoms with Gasteiger partial charge in [-0.15, -0.1) is 0 Å². The number of amides is 1. The van der Waals surface area contributed by atoms with Crippen LogP contribution in [0, 0.1) is 13.8 Å². The second kappa shape index (κ2) is 7.60.